The molecule has 1 atom stereocenters. The van der Waals surface area contributed by atoms with E-state index in [1.165, 1.54) is 0 Å². The predicted molar refractivity (Wildman–Crippen MR) is 102 cm³/mol. The van der Waals surface area contributed by atoms with Gasteiger partial charge < -0.3 is 19.2 Å². The van der Waals surface area contributed by atoms with E-state index in [-0.39, 0.29) is 18.2 Å². The van der Waals surface area contributed by atoms with Crippen molar-refractivity contribution in [1.29, 1.82) is 0 Å². The van der Waals surface area contributed by atoms with E-state index in [9.17, 15) is 9.90 Å². The van der Waals surface area contributed by atoms with E-state index in [0.29, 0.717) is 23.6 Å². The number of furan rings is 1. The fourth-order valence-electron chi connectivity index (χ4n) is 2.85. The van der Waals surface area contributed by atoms with Gasteiger partial charge in [0.2, 0.25) is 0 Å². The molecule has 1 amide bonds. The van der Waals surface area contributed by atoms with Gasteiger partial charge in [0.05, 0.1) is 12.8 Å². The summed E-state index contributed by atoms with van der Waals surface area (Å²) in [4.78, 5) is 14.7. The van der Waals surface area contributed by atoms with E-state index in [1.54, 1.807) is 42.4 Å². The number of hydrogen-bond acceptors (Lipinski definition) is 4. The van der Waals surface area contributed by atoms with Crippen molar-refractivity contribution in [3.8, 4) is 11.5 Å². The van der Waals surface area contributed by atoms with Crippen molar-refractivity contribution in [1.82, 2.24) is 4.90 Å². The number of nitrogens with zero attached hydrogens (tertiary/aromatic N) is 1. The van der Waals surface area contributed by atoms with Crippen LogP contribution in [0.15, 0.2) is 71.3 Å². The second-order valence-corrected chi connectivity index (χ2v) is 6.48. The highest BCUT2D eigenvalue weighted by Gasteiger charge is 2.24. The molecule has 0 aliphatic rings. The minimum Gasteiger partial charge on any atom is -0.508 e. The Hall–Kier alpha value is -3.21. The van der Waals surface area contributed by atoms with Crippen LogP contribution in [0, 0.1) is 6.92 Å². The van der Waals surface area contributed by atoms with Crippen LogP contribution in [0.4, 0.5) is 0 Å². The first-order chi connectivity index (χ1) is 13.0. The van der Waals surface area contributed by atoms with Crippen molar-refractivity contribution in [2.45, 2.75) is 33.0 Å². The zero-order valence-corrected chi connectivity index (χ0v) is 15.5. The topological polar surface area (TPSA) is 62.9 Å². The molecule has 27 heavy (non-hydrogen) atoms. The number of carbonyl (C=O) groups excluding carboxylic acids is 1. The third kappa shape index (κ3) is 4.91. The van der Waals surface area contributed by atoms with Gasteiger partial charge in [0.1, 0.15) is 17.3 Å². The van der Waals surface area contributed by atoms with E-state index in [1.807, 2.05) is 43.3 Å². The molecule has 1 heterocycles. The highest BCUT2D eigenvalue weighted by atomic mass is 16.5. The molecule has 140 valence electrons. The number of para-hydroxylation sites is 1. The summed E-state index contributed by atoms with van der Waals surface area (Å²) < 4.78 is 11.2. The van der Waals surface area contributed by atoms with Gasteiger partial charge in [-0.2, -0.15) is 0 Å². The van der Waals surface area contributed by atoms with Crippen LogP contribution in [0.5, 0.6) is 11.5 Å². The predicted octanol–water partition coefficient (Wildman–Crippen LogP) is 4.29. The lowest BCUT2D eigenvalue weighted by Crippen LogP contribution is -2.39. The number of carbonyl (C=O) groups is 1. The first kappa shape index (κ1) is 18.6. The van der Waals surface area contributed by atoms with E-state index < -0.39 is 6.10 Å². The molecule has 0 bridgehead atoms. The summed E-state index contributed by atoms with van der Waals surface area (Å²) in [5, 5.41) is 10.1. The molecule has 0 aliphatic carbocycles. The number of amides is 1. The first-order valence-electron chi connectivity index (χ1n) is 8.84. The number of ether oxygens (including phenoxy) is 1. The number of phenolic OH excluding ortho intramolecular Hbond substituents is 1. The fraction of sp³-hybridized carbons (Fsp3) is 0.227. The van der Waals surface area contributed by atoms with Crippen molar-refractivity contribution in [3.05, 3.63) is 83.8 Å². The third-order valence-electron chi connectivity index (χ3n) is 4.24. The highest BCUT2D eigenvalue weighted by Crippen LogP contribution is 2.21. The Bertz CT molecular complexity index is 889. The summed E-state index contributed by atoms with van der Waals surface area (Å²) in [5.74, 6) is 1.29. The Balaban J connectivity index is 1.78. The van der Waals surface area contributed by atoms with Crippen LogP contribution < -0.4 is 4.74 Å². The summed E-state index contributed by atoms with van der Waals surface area (Å²) in [6.07, 6.45) is 0.901. The van der Waals surface area contributed by atoms with E-state index in [0.717, 1.165) is 5.56 Å². The van der Waals surface area contributed by atoms with Gasteiger partial charge in [-0.05, 0) is 49.7 Å². The van der Waals surface area contributed by atoms with Crippen molar-refractivity contribution in [3.63, 3.8) is 0 Å². The summed E-state index contributed by atoms with van der Waals surface area (Å²) in [5.41, 5.74) is 1.73. The Morgan fingerprint density at radius 2 is 1.93 bits per heavy atom. The average Bonchev–Trinajstić information content (AvgIpc) is 3.15. The van der Waals surface area contributed by atoms with Crippen LogP contribution in [0.2, 0.25) is 0 Å². The normalized spacial score (nSPS) is 11.8. The van der Waals surface area contributed by atoms with Gasteiger partial charge >= 0.3 is 0 Å². The van der Waals surface area contributed by atoms with Crippen LogP contribution in [0.25, 0.3) is 0 Å². The molecule has 3 rings (SSSR count). The molecule has 3 aromatic rings. The van der Waals surface area contributed by atoms with Crippen molar-refractivity contribution >= 4 is 5.91 Å². The average molecular weight is 365 g/mol. The second kappa shape index (κ2) is 8.45. The van der Waals surface area contributed by atoms with E-state index >= 15 is 0 Å². The summed E-state index contributed by atoms with van der Waals surface area (Å²) >= 11 is 0. The van der Waals surface area contributed by atoms with E-state index in [4.69, 9.17) is 9.15 Å². The Morgan fingerprint density at radius 3 is 2.63 bits per heavy atom. The molecule has 0 saturated carbocycles. The number of rotatable bonds is 7. The fourth-order valence-corrected chi connectivity index (χ4v) is 2.85. The van der Waals surface area contributed by atoms with Crippen LogP contribution in [-0.4, -0.2) is 22.0 Å². The second-order valence-electron chi connectivity index (χ2n) is 6.48. The molecule has 2 aromatic carbocycles. The van der Waals surface area contributed by atoms with Gasteiger partial charge in [-0.1, -0.05) is 30.3 Å². The molecule has 1 unspecified atom stereocenters. The molecular weight excluding hydrogens is 342 g/mol. The Labute approximate surface area is 158 Å². The molecule has 5 nitrogen and oxygen atoms in total. The number of hydrogen-bond donors (Lipinski definition) is 1. The van der Waals surface area contributed by atoms with Crippen molar-refractivity contribution in [2.24, 2.45) is 0 Å². The lowest BCUT2D eigenvalue weighted by molar-refractivity contribution is -0.139. The zero-order chi connectivity index (χ0) is 19.2. The smallest absolute Gasteiger partial charge is 0.264 e. The maximum Gasteiger partial charge on any atom is 0.264 e. The van der Waals surface area contributed by atoms with Crippen molar-refractivity contribution in [2.75, 3.05) is 0 Å². The molecule has 0 aliphatic heterocycles. The molecule has 5 heteroatoms. The summed E-state index contributed by atoms with van der Waals surface area (Å²) in [7, 11) is 0. The minimum atomic E-state index is -0.674. The van der Waals surface area contributed by atoms with E-state index in [2.05, 4.69) is 0 Å². The largest absolute Gasteiger partial charge is 0.508 e. The molecule has 1 N–H and O–H groups in total. The maximum atomic E-state index is 13.1. The molecule has 0 radical (unpaired) electrons. The van der Waals surface area contributed by atoms with Crippen LogP contribution >= 0.6 is 0 Å². The molecule has 0 spiro atoms. The third-order valence-corrected chi connectivity index (χ3v) is 4.24. The molecule has 1 aromatic heterocycles. The number of phenols is 1. The SMILES string of the molecule is Cc1cccc(OC(C)C(=O)N(Cc2ccco2)Cc2ccccc2O)c1. The Kier molecular flexibility index (Phi) is 5.81. The highest BCUT2D eigenvalue weighted by molar-refractivity contribution is 5.81. The Morgan fingerprint density at radius 1 is 1.11 bits per heavy atom. The summed E-state index contributed by atoms with van der Waals surface area (Å²) in [6.45, 7) is 4.25. The van der Waals surface area contributed by atoms with Crippen LogP contribution in [0.3, 0.4) is 0 Å². The number of benzene rings is 2. The van der Waals surface area contributed by atoms with Gasteiger partial charge in [0.25, 0.3) is 5.91 Å². The van der Waals surface area contributed by atoms with Crippen LogP contribution in [-0.2, 0) is 17.9 Å². The number of aromatic hydroxyl groups is 1. The van der Waals surface area contributed by atoms with Gasteiger partial charge in [0.15, 0.2) is 6.10 Å². The maximum absolute atomic E-state index is 13.1. The molecular formula is C22H23NO4. The lowest BCUT2D eigenvalue weighted by Gasteiger charge is -2.26. The lowest BCUT2D eigenvalue weighted by atomic mass is 10.1. The van der Waals surface area contributed by atoms with Gasteiger partial charge in [-0.25, -0.2) is 0 Å². The van der Waals surface area contributed by atoms with Crippen LogP contribution in [0.1, 0.15) is 23.8 Å². The zero-order valence-electron chi connectivity index (χ0n) is 15.5. The minimum absolute atomic E-state index is 0.155. The standard InChI is InChI=1S/C22H23NO4/c1-16-7-5-9-19(13-16)27-17(2)22(25)23(15-20-10-6-12-26-20)14-18-8-3-4-11-21(18)24/h3-13,17,24H,14-15H2,1-2H3. The van der Waals surface area contributed by atoms with Crippen molar-refractivity contribution < 1.29 is 19.1 Å². The quantitative estimate of drug-likeness (QED) is 0.678. The molecule has 0 saturated heterocycles. The van der Waals surface area contributed by atoms with Gasteiger partial charge in [0, 0.05) is 12.1 Å². The number of aryl methyl sites for hydroxylation is 1. The summed E-state index contributed by atoms with van der Waals surface area (Å²) in [6, 6.07) is 18.2. The van der Waals surface area contributed by atoms with Gasteiger partial charge in [-0.3, -0.25) is 4.79 Å². The van der Waals surface area contributed by atoms with Gasteiger partial charge in [-0.15, -0.1) is 0 Å². The first-order valence-corrected chi connectivity index (χ1v) is 8.84. The monoisotopic (exact) mass is 365 g/mol. The molecule has 0 fully saturated rings.